The zero-order valence-electron chi connectivity index (χ0n) is 12.0. The number of aromatic nitrogens is 3. The lowest BCUT2D eigenvalue weighted by Crippen LogP contribution is -2.08. The molecule has 2 heterocycles. The van der Waals surface area contributed by atoms with E-state index in [-0.39, 0.29) is 0 Å². The van der Waals surface area contributed by atoms with E-state index in [1.807, 2.05) is 12.5 Å². The van der Waals surface area contributed by atoms with E-state index in [4.69, 9.17) is 5.73 Å². The molecule has 0 bridgehead atoms. The van der Waals surface area contributed by atoms with Crippen molar-refractivity contribution in [1.82, 2.24) is 14.1 Å². The lowest BCUT2D eigenvalue weighted by Gasteiger charge is -2.12. The Balaban J connectivity index is 2.05. The third-order valence-electron chi connectivity index (χ3n) is 3.73. The molecule has 1 aromatic carbocycles. The summed E-state index contributed by atoms with van der Waals surface area (Å²) in [5.74, 6) is 0. The van der Waals surface area contributed by atoms with Gasteiger partial charge in [-0.1, -0.05) is 18.2 Å². The van der Waals surface area contributed by atoms with Crippen LogP contribution in [0.15, 0.2) is 43.0 Å². The minimum absolute atomic E-state index is 0.420. The number of hydrogen-bond donors (Lipinski definition) is 1. The van der Waals surface area contributed by atoms with Gasteiger partial charge in [0.05, 0.1) is 18.6 Å². The van der Waals surface area contributed by atoms with Gasteiger partial charge in [0.2, 0.25) is 0 Å². The van der Waals surface area contributed by atoms with E-state index in [2.05, 4.69) is 58.4 Å². The minimum Gasteiger partial charge on any atom is -0.341 e. The van der Waals surface area contributed by atoms with E-state index in [1.54, 1.807) is 0 Å². The van der Waals surface area contributed by atoms with Gasteiger partial charge in [0, 0.05) is 35.9 Å². The van der Waals surface area contributed by atoms with Crippen LogP contribution in [0.3, 0.4) is 0 Å². The van der Waals surface area contributed by atoms with E-state index in [9.17, 15) is 0 Å². The molecule has 0 aliphatic carbocycles. The molecular weight excluding hydrogens is 248 g/mol. The molecule has 4 nitrogen and oxygen atoms in total. The zero-order valence-corrected chi connectivity index (χ0v) is 12.0. The molecule has 0 aliphatic heterocycles. The topological polar surface area (TPSA) is 48.8 Å². The molecule has 0 radical (unpaired) electrons. The molecule has 0 amide bonds. The molecule has 3 rings (SSSR count). The quantitative estimate of drug-likeness (QED) is 0.791. The Kier molecular flexibility index (Phi) is 3.32. The average Bonchev–Trinajstić information content (AvgIpc) is 3.04. The highest BCUT2D eigenvalue weighted by atomic mass is 15.1. The van der Waals surface area contributed by atoms with E-state index < -0.39 is 0 Å². The van der Waals surface area contributed by atoms with Crippen molar-refractivity contribution in [2.24, 2.45) is 5.73 Å². The Labute approximate surface area is 118 Å². The molecule has 0 atom stereocenters. The summed E-state index contributed by atoms with van der Waals surface area (Å²) in [7, 11) is 0. The second kappa shape index (κ2) is 5.13. The molecule has 0 unspecified atom stereocenters. The number of nitrogens with two attached hydrogens (primary N) is 1. The number of fused-ring (bicyclic) bond motifs is 1. The minimum atomic E-state index is 0.420. The molecule has 0 fully saturated rings. The van der Waals surface area contributed by atoms with Crippen molar-refractivity contribution in [3.8, 4) is 0 Å². The Morgan fingerprint density at radius 2 is 2.05 bits per heavy atom. The first-order valence-corrected chi connectivity index (χ1v) is 6.98. The largest absolute Gasteiger partial charge is 0.341 e. The average molecular weight is 268 g/mol. The van der Waals surface area contributed by atoms with Crippen molar-refractivity contribution in [2.45, 2.75) is 33.0 Å². The summed E-state index contributed by atoms with van der Waals surface area (Å²) in [5, 5.41) is 1.24. The summed E-state index contributed by atoms with van der Waals surface area (Å²) in [6.45, 7) is 5.73. The molecule has 0 spiro atoms. The number of imidazole rings is 1. The number of para-hydroxylation sites is 1. The van der Waals surface area contributed by atoms with Gasteiger partial charge in [0.25, 0.3) is 0 Å². The molecule has 0 saturated carbocycles. The predicted octanol–water partition coefficient (Wildman–Crippen LogP) is 2.93. The fraction of sp³-hybridized carbons (Fsp3) is 0.312. The monoisotopic (exact) mass is 268 g/mol. The molecule has 3 aromatic rings. The SMILES string of the molecule is CC(C)n1cncc1Cn1cc(CN)c2ccccc21. The van der Waals surface area contributed by atoms with Gasteiger partial charge >= 0.3 is 0 Å². The van der Waals surface area contributed by atoms with Gasteiger partial charge in [-0.15, -0.1) is 0 Å². The Morgan fingerprint density at radius 1 is 1.25 bits per heavy atom. The smallest absolute Gasteiger partial charge is 0.0951 e. The summed E-state index contributed by atoms with van der Waals surface area (Å²) in [6, 6.07) is 8.82. The number of rotatable bonds is 4. The van der Waals surface area contributed by atoms with Crippen LogP contribution in [0.25, 0.3) is 10.9 Å². The Morgan fingerprint density at radius 3 is 2.80 bits per heavy atom. The molecule has 2 aromatic heterocycles. The van der Waals surface area contributed by atoms with Gasteiger partial charge in [-0.2, -0.15) is 0 Å². The molecule has 0 saturated heterocycles. The highest BCUT2D eigenvalue weighted by molar-refractivity contribution is 5.84. The summed E-state index contributed by atoms with van der Waals surface area (Å²) in [6.07, 6.45) is 5.99. The van der Waals surface area contributed by atoms with Crippen LogP contribution < -0.4 is 5.73 Å². The van der Waals surface area contributed by atoms with E-state index in [1.165, 1.54) is 22.2 Å². The Hall–Kier alpha value is -2.07. The summed E-state index contributed by atoms with van der Waals surface area (Å²) in [4.78, 5) is 4.27. The summed E-state index contributed by atoms with van der Waals surface area (Å²) in [5.41, 5.74) is 9.48. The van der Waals surface area contributed by atoms with Gasteiger partial charge in [-0.25, -0.2) is 4.98 Å². The van der Waals surface area contributed by atoms with Crippen LogP contribution >= 0.6 is 0 Å². The molecular formula is C16H20N4. The predicted molar refractivity (Wildman–Crippen MR) is 81.5 cm³/mol. The molecule has 0 aliphatic rings. The van der Waals surface area contributed by atoms with Crippen molar-refractivity contribution in [3.05, 3.63) is 54.2 Å². The van der Waals surface area contributed by atoms with Crippen molar-refractivity contribution >= 4 is 10.9 Å². The van der Waals surface area contributed by atoms with Crippen LogP contribution in [0.2, 0.25) is 0 Å². The highest BCUT2D eigenvalue weighted by Crippen LogP contribution is 2.22. The number of nitrogens with zero attached hydrogens (tertiary/aromatic N) is 3. The van der Waals surface area contributed by atoms with Crippen molar-refractivity contribution in [2.75, 3.05) is 0 Å². The second-order valence-electron chi connectivity index (χ2n) is 5.39. The fourth-order valence-electron chi connectivity index (χ4n) is 2.71. The molecule has 2 N–H and O–H groups in total. The lowest BCUT2D eigenvalue weighted by molar-refractivity contribution is 0.564. The van der Waals surface area contributed by atoms with Gasteiger partial charge in [-0.05, 0) is 25.5 Å². The maximum absolute atomic E-state index is 5.85. The summed E-state index contributed by atoms with van der Waals surface area (Å²) < 4.78 is 4.46. The maximum atomic E-state index is 5.85. The standard InChI is InChI=1S/C16H20N4/c1-12(2)20-11-18-8-14(20)10-19-9-13(7-17)15-5-3-4-6-16(15)19/h3-6,8-9,11-12H,7,10,17H2,1-2H3. The van der Waals surface area contributed by atoms with Gasteiger partial charge in [-0.3, -0.25) is 0 Å². The van der Waals surface area contributed by atoms with Crippen LogP contribution in [0.4, 0.5) is 0 Å². The normalized spacial score (nSPS) is 11.6. The third-order valence-corrected chi connectivity index (χ3v) is 3.73. The van der Waals surface area contributed by atoms with Crippen LogP contribution in [-0.2, 0) is 13.1 Å². The molecule has 20 heavy (non-hydrogen) atoms. The number of hydrogen-bond acceptors (Lipinski definition) is 2. The van der Waals surface area contributed by atoms with E-state index in [0.29, 0.717) is 12.6 Å². The fourth-order valence-corrected chi connectivity index (χ4v) is 2.71. The van der Waals surface area contributed by atoms with Crippen LogP contribution in [0.1, 0.15) is 31.1 Å². The van der Waals surface area contributed by atoms with Crippen molar-refractivity contribution < 1.29 is 0 Å². The summed E-state index contributed by atoms with van der Waals surface area (Å²) >= 11 is 0. The van der Waals surface area contributed by atoms with E-state index in [0.717, 1.165) is 6.54 Å². The first-order chi connectivity index (χ1) is 9.70. The first-order valence-electron chi connectivity index (χ1n) is 6.98. The third kappa shape index (κ3) is 2.12. The maximum Gasteiger partial charge on any atom is 0.0951 e. The molecule has 104 valence electrons. The lowest BCUT2D eigenvalue weighted by atomic mass is 10.2. The number of benzene rings is 1. The Bertz CT molecular complexity index is 721. The molecule has 4 heteroatoms. The van der Waals surface area contributed by atoms with Crippen LogP contribution in [0.5, 0.6) is 0 Å². The van der Waals surface area contributed by atoms with Gasteiger partial charge < -0.3 is 14.9 Å². The van der Waals surface area contributed by atoms with Gasteiger partial charge in [0.1, 0.15) is 0 Å². The van der Waals surface area contributed by atoms with Crippen molar-refractivity contribution in [3.63, 3.8) is 0 Å². The second-order valence-corrected chi connectivity index (χ2v) is 5.39. The first kappa shape index (κ1) is 12.9. The zero-order chi connectivity index (χ0) is 14.1. The van der Waals surface area contributed by atoms with E-state index >= 15 is 0 Å². The van der Waals surface area contributed by atoms with Gasteiger partial charge in [0.15, 0.2) is 0 Å². The van der Waals surface area contributed by atoms with Crippen LogP contribution in [-0.4, -0.2) is 14.1 Å². The van der Waals surface area contributed by atoms with Crippen molar-refractivity contribution in [1.29, 1.82) is 0 Å². The highest BCUT2D eigenvalue weighted by Gasteiger charge is 2.10. The van der Waals surface area contributed by atoms with Crippen LogP contribution in [0, 0.1) is 0 Å².